The molecule has 32 heavy (non-hydrogen) atoms. The number of hydrogen-bond donors (Lipinski definition) is 1. The number of amides is 1. The zero-order chi connectivity index (χ0) is 22.7. The fourth-order valence-electron chi connectivity index (χ4n) is 4.29. The first kappa shape index (κ1) is 22.7. The van der Waals surface area contributed by atoms with Crippen LogP contribution >= 0.6 is 22.9 Å². The SMILES string of the molecule is CCCC1C(=O)N(Cc2ccc3c(N)ncnc3c2)C(C)CN1CC=Cc1ccc(Cl)s1. The van der Waals surface area contributed by atoms with Crippen LogP contribution in [0, 0.1) is 0 Å². The van der Waals surface area contributed by atoms with Gasteiger partial charge in [0.1, 0.15) is 12.1 Å². The summed E-state index contributed by atoms with van der Waals surface area (Å²) in [4.78, 5) is 27.3. The van der Waals surface area contributed by atoms with Crippen LogP contribution in [-0.4, -0.2) is 50.8 Å². The van der Waals surface area contributed by atoms with Crippen LogP contribution in [-0.2, 0) is 11.3 Å². The predicted octanol–water partition coefficient (Wildman–Crippen LogP) is 4.84. The molecular formula is C24H28ClN5OS. The van der Waals surface area contributed by atoms with Crippen molar-refractivity contribution in [3.8, 4) is 0 Å². The van der Waals surface area contributed by atoms with E-state index in [1.54, 1.807) is 11.3 Å². The Balaban J connectivity index is 1.49. The van der Waals surface area contributed by atoms with Crippen molar-refractivity contribution in [1.82, 2.24) is 19.8 Å². The Morgan fingerprint density at radius 2 is 2.12 bits per heavy atom. The van der Waals surface area contributed by atoms with Gasteiger partial charge in [0, 0.05) is 35.9 Å². The molecule has 2 aromatic heterocycles. The number of anilines is 1. The van der Waals surface area contributed by atoms with E-state index in [1.807, 2.05) is 35.2 Å². The van der Waals surface area contributed by atoms with E-state index in [9.17, 15) is 4.79 Å². The number of piperazine rings is 1. The van der Waals surface area contributed by atoms with Crippen LogP contribution in [0.1, 0.15) is 37.1 Å². The molecule has 1 saturated heterocycles. The fraction of sp³-hybridized carbons (Fsp3) is 0.375. The average molecular weight is 470 g/mol. The van der Waals surface area contributed by atoms with Gasteiger partial charge in [-0.3, -0.25) is 9.69 Å². The summed E-state index contributed by atoms with van der Waals surface area (Å²) in [5.74, 6) is 0.668. The summed E-state index contributed by atoms with van der Waals surface area (Å²) in [6.45, 7) is 6.41. The number of nitrogen functional groups attached to an aromatic ring is 1. The van der Waals surface area contributed by atoms with E-state index >= 15 is 0 Å². The number of carbonyl (C=O) groups excluding carboxylic acids is 1. The number of benzene rings is 1. The zero-order valence-corrected chi connectivity index (χ0v) is 19.9. The summed E-state index contributed by atoms with van der Waals surface area (Å²) in [6, 6.07) is 9.89. The van der Waals surface area contributed by atoms with Crippen molar-refractivity contribution in [3.63, 3.8) is 0 Å². The van der Waals surface area contributed by atoms with E-state index in [4.69, 9.17) is 17.3 Å². The molecule has 3 aromatic rings. The Labute approximate surface area is 197 Å². The molecule has 1 aliphatic heterocycles. The standard InChI is InChI=1S/C24H28ClN5OS/c1-3-5-21-24(31)30(14-17-7-9-19-20(12-17)27-15-28-23(19)26)16(2)13-29(21)11-4-6-18-8-10-22(25)32-18/h4,6-10,12,15-16,21H,3,5,11,13-14H2,1-2H3,(H2,26,27,28). The van der Waals surface area contributed by atoms with Crippen molar-refractivity contribution >= 4 is 51.6 Å². The molecule has 1 aromatic carbocycles. The molecule has 168 valence electrons. The molecule has 4 rings (SSSR count). The monoisotopic (exact) mass is 469 g/mol. The minimum absolute atomic E-state index is 0.105. The van der Waals surface area contributed by atoms with Crippen molar-refractivity contribution in [2.75, 3.05) is 18.8 Å². The first-order chi connectivity index (χ1) is 15.5. The summed E-state index contributed by atoms with van der Waals surface area (Å²) >= 11 is 7.58. The van der Waals surface area contributed by atoms with Gasteiger partial charge in [0.25, 0.3) is 0 Å². The first-order valence-electron chi connectivity index (χ1n) is 10.9. The minimum atomic E-state index is -0.105. The number of carbonyl (C=O) groups is 1. The maximum atomic E-state index is 13.5. The van der Waals surface area contributed by atoms with Gasteiger partial charge in [0.05, 0.1) is 15.9 Å². The third-order valence-electron chi connectivity index (χ3n) is 5.90. The Hall–Kier alpha value is -2.48. The van der Waals surface area contributed by atoms with Crippen LogP contribution in [0.4, 0.5) is 5.82 Å². The highest BCUT2D eigenvalue weighted by Crippen LogP contribution is 2.25. The molecule has 6 nitrogen and oxygen atoms in total. The Morgan fingerprint density at radius 3 is 2.88 bits per heavy atom. The minimum Gasteiger partial charge on any atom is -0.383 e. The molecule has 1 fully saturated rings. The molecule has 0 bridgehead atoms. The maximum absolute atomic E-state index is 13.5. The van der Waals surface area contributed by atoms with Gasteiger partial charge in [0.2, 0.25) is 5.91 Å². The Bertz CT molecular complexity index is 1130. The number of halogens is 1. The summed E-state index contributed by atoms with van der Waals surface area (Å²) in [6.07, 6.45) is 7.51. The molecule has 8 heteroatoms. The lowest BCUT2D eigenvalue weighted by molar-refractivity contribution is -0.146. The number of nitrogens with zero attached hydrogens (tertiary/aromatic N) is 4. The highest BCUT2D eigenvalue weighted by molar-refractivity contribution is 7.16. The topological polar surface area (TPSA) is 75.3 Å². The lowest BCUT2D eigenvalue weighted by Gasteiger charge is -2.44. The molecule has 0 saturated carbocycles. The van der Waals surface area contributed by atoms with Crippen LogP contribution in [0.5, 0.6) is 0 Å². The first-order valence-corrected chi connectivity index (χ1v) is 12.1. The second-order valence-electron chi connectivity index (χ2n) is 8.23. The highest BCUT2D eigenvalue weighted by atomic mass is 35.5. The van der Waals surface area contributed by atoms with Gasteiger partial charge in [-0.2, -0.15) is 0 Å². The van der Waals surface area contributed by atoms with Gasteiger partial charge >= 0.3 is 0 Å². The van der Waals surface area contributed by atoms with Crippen molar-refractivity contribution in [2.24, 2.45) is 0 Å². The van der Waals surface area contributed by atoms with Gasteiger partial charge in [-0.25, -0.2) is 9.97 Å². The number of thiophene rings is 1. The molecule has 0 radical (unpaired) electrons. The largest absolute Gasteiger partial charge is 0.383 e. The molecule has 1 amide bonds. The van der Waals surface area contributed by atoms with E-state index in [-0.39, 0.29) is 18.0 Å². The summed E-state index contributed by atoms with van der Waals surface area (Å²) in [5.41, 5.74) is 7.80. The number of nitrogens with two attached hydrogens (primary N) is 1. The molecule has 2 N–H and O–H groups in total. The van der Waals surface area contributed by atoms with Crippen LogP contribution in [0.3, 0.4) is 0 Å². The lowest BCUT2D eigenvalue weighted by atomic mass is 10.0. The summed E-state index contributed by atoms with van der Waals surface area (Å²) in [7, 11) is 0. The fourth-order valence-corrected chi connectivity index (χ4v) is 5.28. The maximum Gasteiger partial charge on any atom is 0.240 e. The summed E-state index contributed by atoms with van der Waals surface area (Å²) in [5, 5.41) is 0.836. The third-order valence-corrected chi connectivity index (χ3v) is 7.10. The molecule has 0 aliphatic carbocycles. The third kappa shape index (κ3) is 4.95. The lowest BCUT2D eigenvalue weighted by Crippen LogP contribution is -2.60. The van der Waals surface area contributed by atoms with Crippen molar-refractivity contribution in [2.45, 2.75) is 45.3 Å². The van der Waals surface area contributed by atoms with Crippen LogP contribution in [0.15, 0.2) is 42.7 Å². The second-order valence-corrected chi connectivity index (χ2v) is 9.97. The van der Waals surface area contributed by atoms with Crippen molar-refractivity contribution in [3.05, 3.63) is 57.5 Å². The van der Waals surface area contributed by atoms with Crippen molar-refractivity contribution < 1.29 is 4.79 Å². The van der Waals surface area contributed by atoms with Gasteiger partial charge < -0.3 is 10.6 Å². The van der Waals surface area contributed by atoms with E-state index < -0.39 is 0 Å². The van der Waals surface area contributed by atoms with E-state index in [0.29, 0.717) is 12.4 Å². The van der Waals surface area contributed by atoms with Crippen LogP contribution in [0.2, 0.25) is 4.34 Å². The van der Waals surface area contributed by atoms with Crippen LogP contribution in [0.25, 0.3) is 17.0 Å². The molecule has 2 unspecified atom stereocenters. The predicted molar refractivity (Wildman–Crippen MR) is 133 cm³/mol. The van der Waals surface area contributed by atoms with Crippen molar-refractivity contribution in [1.29, 1.82) is 0 Å². The molecule has 3 heterocycles. The van der Waals surface area contributed by atoms with Gasteiger partial charge in [-0.05, 0) is 49.2 Å². The number of rotatable bonds is 7. The Kier molecular flexibility index (Phi) is 7.08. The van der Waals surface area contributed by atoms with Gasteiger partial charge in [0.15, 0.2) is 0 Å². The Morgan fingerprint density at radius 1 is 1.28 bits per heavy atom. The number of aromatic nitrogens is 2. The zero-order valence-electron chi connectivity index (χ0n) is 18.4. The molecule has 1 aliphatic rings. The molecule has 2 atom stereocenters. The molecular weight excluding hydrogens is 442 g/mol. The van der Waals surface area contributed by atoms with E-state index in [2.05, 4.69) is 40.9 Å². The summed E-state index contributed by atoms with van der Waals surface area (Å²) < 4.78 is 0.786. The highest BCUT2D eigenvalue weighted by Gasteiger charge is 2.37. The van der Waals surface area contributed by atoms with E-state index in [1.165, 1.54) is 6.33 Å². The van der Waals surface area contributed by atoms with E-state index in [0.717, 1.165) is 51.6 Å². The smallest absolute Gasteiger partial charge is 0.240 e. The van der Waals surface area contributed by atoms with Gasteiger partial charge in [-0.1, -0.05) is 37.1 Å². The van der Waals surface area contributed by atoms with Gasteiger partial charge in [-0.15, -0.1) is 11.3 Å². The average Bonchev–Trinajstić information content (AvgIpc) is 3.19. The second kappa shape index (κ2) is 9.98. The number of fused-ring (bicyclic) bond motifs is 1. The normalized spacial score (nSPS) is 20.0. The quantitative estimate of drug-likeness (QED) is 0.535. The van der Waals surface area contributed by atoms with Crippen LogP contribution < -0.4 is 5.73 Å². The number of hydrogen-bond acceptors (Lipinski definition) is 6. The molecule has 0 spiro atoms.